The lowest BCUT2D eigenvalue weighted by molar-refractivity contribution is 0.471. The van der Waals surface area contributed by atoms with Crippen LogP contribution in [0.2, 0.25) is 0 Å². The predicted molar refractivity (Wildman–Crippen MR) is 74.6 cm³/mol. The van der Waals surface area contributed by atoms with Gasteiger partial charge < -0.3 is 9.73 Å². The SMILES string of the molecule is CNC(C1=CCCCC1)c1cc2ccccc2o1. The second kappa shape index (κ2) is 4.99. The van der Waals surface area contributed by atoms with E-state index in [-0.39, 0.29) is 6.04 Å². The van der Waals surface area contributed by atoms with Gasteiger partial charge >= 0.3 is 0 Å². The van der Waals surface area contributed by atoms with Crippen LogP contribution in [0.1, 0.15) is 37.5 Å². The number of allylic oxidation sites excluding steroid dienone is 1. The average molecular weight is 241 g/mol. The number of furan rings is 1. The second-order valence-electron chi connectivity index (χ2n) is 4.93. The monoisotopic (exact) mass is 241 g/mol. The van der Waals surface area contributed by atoms with Gasteiger partial charge in [0, 0.05) is 5.39 Å². The number of likely N-dealkylation sites (N-methyl/N-ethyl adjacent to an activating group) is 1. The topological polar surface area (TPSA) is 25.2 Å². The van der Waals surface area contributed by atoms with Gasteiger partial charge in [0.25, 0.3) is 0 Å². The highest BCUT2D eigenvalue weighted by Gasteiger charge is 2.20. The minimum absolute atomic E-state index is 0.234. The first kappa shape index (κ1) is 11.5. The van der Waals surface area contributed by atoms with Crippen LogP contribution in [0.5, 0.6) is 0 Å². The van der Waals surface area contributed by atoms with Crippen LogP contribution in [0.4, 0.5) is 0 Å². The van der Waals surface area contributed by atoms with Gasteiger partial charge in [0.1, 0.15) is 11.3 Å². The van der Waals surface area contributed by atoms with Crippen molar-refractivity contribution >= 4 is 11.0 Å². The van der Waals surface area contributed by atoms with Crippen LogP contribution in [0.3, 0.4) is 0 Å². The molecule has 0 aliphatic heterocycles. The van der Waals surface area contributed by atoms with Crippen molar-refractivity contribution in [2.24, 2.45) is 0 Å². The zero-order chi connectivity index (χ0) is 12.4. The van der Waals surface area contributed by atoms with Crippen molar-refractivity contribution in [3.05, 3.63) is 47.7 Å². The molecule has 0 saturated carbocycles. The molecular formula is C16H19NO. The number of benzene rings is 1. The van der Waals surface area contributed by atoms with E-state index >= 15 is 0 Å². The van der Waals surface area contributed by atoms with Crippen LogP contribution in [0.15, 0.2) is 46.4 Å². The molecule has 0 spiro atoms. The van der Waals surface area contributed by atoms with E-state index in [0.717, 1.165) is 11.3 Å². The first-order chi connectivity index (χ1) is 8.88. The normalized spacial score (nSPS) is 17.7. The van der Waals surface area contributed by atoms with Crippen molar-refractivity contribution in [3.63, 3.8) is 0 Å². The molecular weight excluding hydrogens is 222 g/mol. The molecule has 1 heterocycles. The lowest BCUT2D eigenvalue weighted by Gasteiger charge is -2.20. The number of nitrogens with one attached hydrogen (secondary N) is 1. The van der Waals surface area contributed by atoms with Crippen molar-refractivity contribution in [1.82, 2.24) is 5.32 Å². The maximum absolute atomic E-state index is 5.97. The highest BCUT2D eigenvalue weighted by molar-refractivity contribution is 5.77. The van der Waals surface area contributed by atoms with E-state index in [9.17, 15) is 0 Å². The summed E-state index contributed by atoms with van der Waals surface area (Å²) in [5.74, 6) is 1.03. The van der Waals surface area contributed by atoms with E-state index in [1.807, 2.05) is 19.2 Å². The van der Waals surface area contributed by atoms with Crippen LogP contribution >= 0.6 is 0 Å². The van der Waals surface area contributed by atoms with Gasteiger partial charge in [-0.2, -0.15) is 0 Å². The Morgan fingerprint density at radius 3 is 2.83 bits per heavy atom. The molecule has 1 unspecified atom stereocenters. The molecule has 1 aromatic heterocycles. The van der Waals surface area contributed by atoms with Crippen molar-refractivity contribution in [3.8, 4) is 0 Å². The zero-order valence-corrected chi connectivity index (χ0v) is 10.8. The van der Waals surface area contributed by atoms with Crippen molar-refractivity contribution in [1.29, 1.82) is 0 Å². The Morgan fingerprint density at radius 1 is 1.22 bits per heavy atom. The third kappa shape index (κ3) is 2.08. The number of para-hydroxylation sites is 1. The standard InChI is InChI=1S/C16H19NO/c1-17-16(12-7-3-2-4-8-12)15-11-13-9-5-6-10-14(13)18-15/h5-7,9-11,16-17H,2-4,8H2,1H3. The van der Waals surface area contributed by atoms with Gasteiger partial charge in [0.2, 0.25) is 0 Å². The fourth-order valence-electron chi connectivity index (χ4n) is 2.78. The maximum Gasteiger partial charge on any atom is 0.134 e. The van der Waals surface area contributed by atoms with E-state index in [1.54, 1.807) is 0 Å². The van der Waals surface area contributed by atoms with Crippen LogP contribution in [-0.4, -0.2) is 7.05 Å². The summed E-state index contributed by atoms with van der Waals surface area (Å²) in [5, 5.41) is 4.57. The second-order valence-corrected chi connectivity index (χ2v) is 4.93. The fourth-order valence-corrected chi connectivity index (χ4v) is 2.78. The Bertz CT molecular complexity index is 534. The van der Waals surface area contributed by atoms with E-state index in [1.165, 1.54) is 36.6 Å². The molecule has 1 aliphatic carbocycles. The zero-order valence-electron chi connectivity index (χ0n) is 10.8. The smallest absolute Gasteiger partial charge is 0.134 e. The summed E-state index contributed by atoms with van der Waals surface area (Å²) in [6, 6.07) is 10.6. The molecule has 0 saturated heterocycles. The molecule has 1 aliphatic rings. The van der Waals surface area contributed by atoms with Gasteiger partial charge in [-0.05, 0) is 50.4 Å². The van der Waals surface area contributed by atoms with Crippen molar-refractivity contribution in [2.75, 3.05) is 7.05 Å². The molecule has 3 rings (SSSR count). The number of fused-ring (bicyclic) bond motifs is 1. The molecule has 18 heavy (non-hydrogen) atoms. The summed E-state index contributed by atoms with van der Waals surface area (Å²) in [6.45, 7) is 0. The largest absolute Gasteiger partial charge is 0.459 e. The third-order valence-corrected chi connectivity index (χ3v) is 3.71. The van der Waals surface area contributed by atoms with E-state index < -0.39 is 0 Å². The Labute approximate surface area is 108 Å². The van der Waals surface area contributed by atoms with Crippen molar-refractivity contribution < 1.29 is 4.42 Å². The highest BCUT2D eigenvalue weighted by atomic mass is 16.3. The third-order valence-electron chi connectivity index (χ3n) is 3.71. The molecule has 0 bridgehead atoms. The molecule has 1 aromatic carbocycles. The van der Waals surface area contributed by atoms with Gasteiger partial charge in [-0.3, -0.25) is 0 Å². The Hall–Kier alpha value is -1.54. The molecule has 0 radical (unpaired) electrons. The van der Waals surface area contributed by atoms with Crippen LogP contribution in [0.25, 0.3) is 11.0 Å². The van der Waals surface area contributed by atoms with E-state index in [0.29, 0.717) is 0 Å². The Balaban J connectivity index is 1.97. The minimum atomic E-state index is 0.234. The lowest BCUT2D eigenvalue weighted by Crippen LogP contribution is -2.19. The molecule has 2 nitrogen and oxygen atoms in total. The van der Waals surface area contributed by atoms with Gasteiger partial charge in [0.05, 0.1) is 6.04 Å². The van der Waals surface area contributed by atoms with Crippen LogP contribution < -0.4 is 5.32 Å². The molecule has 0 amide bonds. The fraction of sp³-hybridized carbons (Fsp3) is 0.375. The van der Waals surface area contributed by atoms with Gasteiger partial charge in [-0.15, -0.1) is 0 Å². The number of hydrogen-bond acceptors (Lipinski definition) is 2. The number of rotatable bonds is 3. The highest BCUT2D eigenvalue weighted by Crippen LogP contribution is 2.32. The van der Waals surface area contributed by atoms with Crippen LogP contribution in [-0.2, 0) is 0 Å². The molecule has 0 fully saturated rings. The van der Waals surface area contributed by atoms with Crippen molar-refractivity contribution in [2.45, 2.75) is 31.7 Å². The maximum atomic E-state index is 5.97. The lowest BCUT2D eigenvalue weighted by atomic mass is 9.92. The van der Waals surface area contributed by atoms with Crippen LogP contribution in [0, 0.1) is 0 Å². The summed E-state index contributed by atoms with van der Waals surface area (Å²) < 4.78 is 5.97. The van der Waals surface area contributed by atoms with Gasteiger partial charge in [0.15, 0.2) is 0 Å². The summed E-state index contributed by atoms with van der Waals surface area (Å²) in [7, 11) is 2.01. The molecule has 2 aromatic rings. The number of hydrogen-bond donors (Lipinski definition) is 1. The Morgan fingerprint density at radius 2 is 2.11 bits per heavy atom. The Kier molecular flexibility index (Phi) is 3.20. The van der Waals surface area contributed by atoms with E-state index in [4.69, 9.17) is 4.42 Å². The predicted octanol–water partition coefficient (Wildman–Crippen LogP) is 4.19. The molecule has 1 N–H and O–H groups in total. The quantitative estimate of drug-likeness (QED) is 0.815. The van der Waals surface area contributed by atoms with Gasteiger partial charge in [-0.1, -0.05) is 24.3 Å². The van der Waals surface area contributed by atoms with Gasteiger partial charge in [-0.25, -0.2) is 0 Å². The summed E-state index contributed by atoms with van der Waals surface area (Å²) in [5.41, 5.74) is 2.45. The first-order valence-electron chi connectivity index (χ1n) is 6.73. The molecule has 2 heteroatoms. The summed E-state index contributed by atoms with van der Waals surface area (Å²) >= 11 is 0. The molecule has 94 valence electrons. The summed E-state index contributed by atoms with van der Waals surface area (Å²) in [4.78, 5) is 0. The molecule has 1 atom stereocenters. The van der Waals surface area contributed by atoms with E-state index in [2.05, 4.69) is 29.6 Å². The summed E-state index contributed by atoms with van der Waals surface area (Å²) in [6.07, 6.45) is 7.37. The average Bonchev–Trinajstić information content (AvgIpc) is 2.84. The first-order valence-corrected chi connectivity index (χ1v) is 6.73. The minimum Gasteiger partial charge on any atom is -0.459 e.